The number of anilines is 1. The molecule has 0 bridgehead atoms. The average molecular weight is 405 g/mol. The van der Waals surface area contributed by atoms with Crippen LogP contribution in [-0.4, -0.2) is 18.3 Å². The summed E-state index contributed by atoms with van der Waals surface area (Å²) in [6, 6.07) is 20.7. The maximum Gasteiger partial charge on any atom is 0.182 e. The topological polar surface area (TPSA) is 42.0 Å². The fourth-order valence-corrected chi connectivity index (χ4v) is 5.59. The largest absolute Gasteiger partial charge is 0.365 e. The van der Waals surface area contributed by atoms with Gasteiger partial charge >= 0.3 is 0 Å². The van der Waals surface area contributed by atoms with Gasteiger partial charge in [-0.2, -0.15) is 0 Å². The van der Waals surface area contributed by atoms with Gasteiger partial charge in [0.1, 0.15) is 6.29 Å². The van der Waals surface area contributed by atoms with Crippen molar-refractivity contribution in [1.82, 2.24) is 4.98 Å². The van der Waals surface area contributed by atoms with Crippen molar-refractivity contribution < 1.29 is 4.79 Å². The molecule has 1 N–H and O–H groups in total. The van der Waals surface area contributed by atoms with Crippen LogP contribution >= 0.6 is 11.3 Å². The standard InChI is InChI=1S/C17H16O.C8H12N2S/c1-16(13-18)12-17(16,14-8-4-2-5-9-14)15-10-6-3-7-11-15;1-9-8-10-6-4-2-3-5-7(6)11-8/h2-11,13H,12H2,1H3;2-5H2,1H3,(H,9,10). The first kappa shape index (κ1) is 19.8. The molecule has 0 aliphatic heterocycles. The van der Waals surface area contributed by atoms with Gasteiger partial charge in [0.25, 0.3) is 0 Å². The van der Waals surface area contributed by atoms with Gasteiger partial charge in [-0.15, -0.1) is 11.3 Å². The summed E-state index contributed by atoms with van der Waals surface area (Å²) in [7, 11) is 1.93. The van der Waals surface area contributed by atoms with Gasteiger partial charge in [-0.25, -0.2) is 4.98 Å². The van der Waals surface area contributed by atoms with Crippen LogP contribution in [0.2, 0.25) is 0 Å². The van der Waals surface area contributed by atoms with Crippen LogP contribution in [0.15, 0.2) is 60.7 Å². The fraction of sp³-hybridized carbons (Fsp3) is 0.360. The molecule has 1 unspecified atom stereocenters. The molecule has 3 nitrogen and oxygen atoms in total. The van der Waals surface area contributed by atoms with E-state index in [0.717, 1.165) is 17.8 Å². The lowest BCUT2D eigenvalue weighted by Crippen LogP contribution is -2.19. The van der Waals surface area contributed by atoms with E-state index in [2.05, 4.69) is 41.5 Å². The number of thiazole rings is 1. The number of hydrogen-bond acceptors (Lipinski definition) is 4. The average Bonchev–Trinajstić information content (AvgIpc) is 3.22. The molecule has 3 aromatic rings. The molecule has 2 aromatic carbocycles. The van der Waals surface area contributed by atoms with Crippen LogP contribution in [0, 0.1) is 5.41 Å². The Morgan fingerprint density at radius 1 is 0.966 bits per heavy atom. The zero-order chi connectivity index (χ0) is 20.3. The molecule has 0 amide bonds. The molecule has 1 aromatic heterocycles. The van der Waals surface area contributed by atoms with Gasteiger partial charge in [0.05, 0.1) is 5.69 Å². The number of aryl methyl sites for hydroxylation is 2. The minimum atomic E-state index is -0.268. The number of aldehydes is 1. The lowest BCUT2D eigenvalue weighted by molar-refractivity contribution is -0.112. The van der Waals surface area contributed by atoms with Crippen LogP contribution in [0.5, 0.6) is 0 Å². The van der Waals surface area contributed by atoms with Crippen LogP contribution in [0.1, 0.15) is 47.9 Å². The van der Waals surface area contributed by atoms with E-state index in [9.17, 15) is 4.79 Å². The molecule has 2 aliphatic rings. The molecule has 1 atom stereocenters. The minimum Gasteiger partial charge on any atom is -0.365 e. The number of rotatable bonds is 4. The second-order valence-corrected chi connectivity index (χ2v) is 9.28. The third-order valence-electron chi connectivity index (χ3n) is 6.34. The van der Waals surface area contributed by atoms with Gasteiger partial charge in [0.2, 0.25) is 0 Å². The summed E-state index contributed by atoms with van der Waals surface area (Å²) < 4.78 is 0. The number of carbonyl (C=O) groups is 1. The van der Waals surface area contributed by atoms with Gasteiger partial charge in [-0.1, -0.05) is 67.6 Å². The Morgan fingerprint density at radius 3 is 2.03 bits per heavy atom. The number of nitrogens with one attached hydrogen (secondary N) is 1. The predicted molar refractivity (Wildman–Crippen MR) is 121 cm³/mol. The molecule has 150 valence electrons. The highest BCUT2D eigenvalue weighted by Gasteiger charge is 2.66. The second-order valence-electron chi connectivity index (χ2n) is 8.20. The van der Waals surface area contributed by atoms with Crippen LogP contribution in [0.25, 0.3) is 0 Å². The van der Waals surface area contributed by atoms with Crippen LogP contribution in [0.4, 0.5) is 5.13 Å². The van der Waals surface area contributed by atoms with Crippen LogP contribution in [0.3, 0.4) is 0 Å². The van der Waals surface area contributed by atoms with Crippen LogP contribution < -0.4 is 5.32 Å². The monoisotopic (exact) mass is 404 g/mol. The quantitative estimate of drug-likeness (QED) is 0.572. The van der Waals surface area contributed by atoms with Crippen LogP contribution in [-0.2, 0) is 23.1 Å². The molecular weight excluding hydrogens is 376 g/mol. The van der Waals surface area contributed by atoms with Gasteiger partial charge in [0, 0.05) is 22.8 Å². The van der Waals surface area contributed by atoms with Crippen molar-refractivity contribution in [1.29, 1.82) is 0 Å². The normalized spacial score (nSPS) is 21.3. The highest BCUT2D eigenvalue weighted by molar-refractivity contribution is 7.15. The molecule has 0 radical (unpaired) electrons. The molecule has 29 heavy (non-hydrogen) atoms. The first-order chi connectivity index (χ1) is 14.1. The lowest BCUT2D eigenvalue weighted by Gasteiger charge is -2.21. The Balaban J connectivity index is 0.000000159. The summed E-state index contributed by atoms with van der Waals surface area (Å²) in [6.07, 6.45) is 7.12. The number of carbonyl (C=O) groups excluding carboxylic acids is 1. The predicted octanol–water partition coefficient (Wildman–Crippen LogP) is 5.65. The Labute approximate surface area is 177 Å². The van der Waals surface area contributed by atoms with E-state index >= 15 is 0 Å². The highest BCUT2D eigenvalue weighted by Crippen LogP contribution is 2.66. The summed E-state index contributed by atoms with van der Waals surface area (Å²) in [6.45, 7) is 2.06. The molecule has 1 saturated carbocycles. The van der Waals surface area contributed by atoms with E-state index < -0.39 is 0 Å². The van der Waals surface area contributed by atoms with Crippen molar-refractivity contribution in [3.63, 3.8) is 0 Å². The number of aromatic nitrogens is 1. The zero-order valence-electron chi connectivity index (χ0n) is 17.2. The Hall–Kier alpha value is -2.46. The number of nitrogens with zero attached hydrogens (tertiary/aromatic N) is 1. The fourth-order valence-electron chi connectivity index (χ4n) is 4.58. The molecule has 1 fully saturated rings. The minimum absolute atomic E-state index is 0.128. The first-order valence-corrected chi connectivity index (χ1v) is 11.2. The third kappa shape index (κ3) is 3.62. The second kappa shape index (κ2) is 8.11. The van der Waals surface area contributed by atoms with E-state index in [-0.39, 0.29) is 10.8 Å². The third-order valence-corrected chi connectivity index (χ3v) is 7.51. The van der Waals surface area contributed by atoms with Crippen molar-refractivity contribution in [2.75, 3.05) is 12.4 Å². The van der Waals surface area contributed by atoms with E-state index in [1.165, 1.54) is 47.4 Å². The maximum absolute atomic E-state index is 11.5. The molecule has 0 spiro atoms. The Bertz CT molecular complexity index is 904. The van der Waals surface area contributed by atoms with Crippen molar-refractivity contribution in [2.24, 2.45) is 5.41 Å². The molecule has 2 aliphatic carbocycles. The van der Waals surface area contributed by atoms with Gasteiger partial charge in [-0.3, -0.25) is 0 Å². The van der Waals surface area contributed by atoms with Crippen molar-refractivity contribution in [2.45, 2.75) is 44.4 Å². The molecule has 1 heterocycles. The van der Waals surface area contributed by atoms with E-state index in [1.54, 1.807) is 0 Å². The van der Waals surface area contributed by atoms with Gasteiger partial charge < -0.3 is 10.1 Å². The summed E-state index contributed by atoms with van der Waals surface area (Å²) in [5, 5.41) is 4.17. The molecule has 4 heteroatoms. The summed E-state index contributed by atoms with van der Waals surface area (Å²) >= 11 is 1.81. The Morgan fingerprint density at radius 2 is 1.55 bits per heavy atom. The maximum atomic E-state index is 11.5. The van der Waals surface area contributed by atoms with E-state index in [1.807, 2.05) is 54.8 Å². The Kier molecular flexibility index (Phi) is 5.55. The SMILES string of the molecule is CC1(C=O)CC1(c1ccccc1)c1ccccc1.CNc1nc2c(s1)CCCC2. The summed E-state index contributed by atoms with van der Waals surface area (Å²) in [4.78, 5) is 17.4. The summed E-state index contributed by atoms with van der Waals surface area (Å²) in [5.41, 5.74) is 3.43. The van der Waals surface area contributed by atoms with Gasteiger partial charge in [0.15, 0.2) is 5.13 Å². The van der Waals surface area contributed by atoms with Gasteiger partial charge in [-0.05, 0) is 43.2 Å². The summed E-state index contributed by atoms with van der Waals surface area (Å²) in [5.74, 6) is 0. The highest BCUT2D eigenvalue weighted by atomic mass is 32.1. The molecule has 5 rings (SSSR count). The first-order valence-electron chi connectivity index (χ1n) is 10.4. The van der Waals surface area contributed by atoms with E-state index in [4.69, 9.17) is 0 Å². The number of hydrogen-bond donors (Lipinski definition) is 1. The van der Waals surface area contributed by atoms with E-state index in [0.29, 0.717) is 0 Å². The van der Waals surface area contributed by atoms with Crippen molar-refractivity contribution in [3.05, 3.63) is 82.4 Å². The van der Waals surface area contributed by atoms with Crippen molar-refractivity contribution in [3.8, 4) is 0 Å². The molecular formula is C25H28N2OS. The zero-order valence-corrected chi connectivity index (χ0v) is 18.0. The lowest BCUT2D eigenvalue weighted by atomic mass is 9.81. The van der Waals surface area contributed by atoms with Crippen molar-refractivity contribution >= 4 is 22.8 Å². The smallest absolute Gasteiger partial charge is 0.182 e. The number of benzene rings is 2. The number of fused-ring (bicyclic) bond motifs is 1. The molecule has 0 saturated heterocycles.